The van der Waals surface area contributed by atoms with Crippen molar-refractivity contribution in [3.63, 3.8) is 0 Å². The molecule has 5 nitrogen and oxygen atoms in total. The van der Waals surface area contributed by atoms with Crippen molar-refractivity contribution in [2.75, 3.05) is 0 Å². The van der Waals surface area contributed by atoms with Gasteiger partial charge in [-0.15, -0.1) is 0 Å². The molecule has 0 aliphatic heterocycles. The van der Waals surface area contributed by atoms with Crippen molar-refractivity contribution in [2.24, 2.45) is 0 Å². The van der Waals surface area contributed by atoms with Gasteiger partial charge in [0, 0.05) is 24.2 Å². The second kappa shape index (κ2) is 4.00. The molecule has 0 fully saturated rings. The minimum Gasteiger partial charge on any atom is -0.304 e. The van der Waals surface area contributed by atoms with Crippen LogP contribution in [0, 0.1) is 0 Å². The molecule has 0 atom stereocenters. The number of aryl methyl sites for hydroxylation is 1. The standard InChI is InChI=1S/C10H10N4O/c1-2-7-6-8(15)14-10(13-7)9-11-4-3-5-12-9/h3-6H,2H2,1H3,(H,13,14,15). The normalized spacial score (nSPS) is 10.2. The lowest BCUT2D eigenvalue weighted by atomic mass is 10.3. The molecule has 2 aromatic rings. The van der Waals surface area contributed by atoms with Crippen LogP contribution in [0.4, 0.5) is 0 Å². The average Bonchev–Trinajstić information content (AvgIpc) is 2.29. The van der Waals surface area contributed by atoms with Crippen molar-refractivity contribution < 1.29 is 0 Å². The Kier molecular flexibility index (Phi) is 2.53. The lowest BCUT2D eigenvalue weighted by Gasteiger charge is -2.00. The first-order chi connectivity index (χ1) is 7.29. The summed E-state index contributed by atoms with van der Waals surface area (Å²) >= 11 is 0. The second-order valence-corrected chi connectivity index (χ2v) is 3.01. The summed E-state index contributed by atoms with van der Waals surface area (Å²) in [4.78, 5) is 26.2. The SMILES string of the molecule is CCc1cc(=O)[nH]c(-c2ncccn2)n1. The van der Waals surface area contributed by atoms with Crippen molar-refractivity contribution >= 4 is 0 Å². The molecule has 0 saturated carbocycles. The topological polar surface area (TPSA) is 71.5 Å². The predicted octanol–water partition coefficient (Wildman–Crippen LogP) is 0.789. The molecule has 5 heteroatoms. The summed E-state index contributed by atoms with van der Waals surface area (Å²) in [5, 5.41) is 0. The van der Waals surface area contributed by atoms with Crippen LogP contribution in [0.1, 0.15) is 12.6 Å². The highest BCUT2D eigenvalue weighted by molar-refractivity contribution is 5.41. The molecule has 76 valence electrons. The number of rotatable bonds is 2. The Balaban J connectivity index is 2.54. The number of nitrogens with zero attached hydrogens (tertiary/aromatic N) is 3. The molecule has 0 aliphatic carbocycles. The molecule has 0 aliphatic rings. The van der Waals surface area contributed by atoms with Crippen LogP contribution in [0.2, 0.25) is 0 Å². The zero-order valence-electron chi connectivity index (χ0n) is 8.27. The molecular weight excluding hydrogens is 192 g/mol. The van der Waals surface area contributed by atoms with E-state index < -0.39 is 0 Å². The summed E-state index contributed by atoms with van der Waals surface area (Å²) in [6.07, 6.45) is 3.94. The Labute approximate surface area is 86.3 Å². The number of hydrogen-bond donors (Lipinski definition) is 1. The Bertz CT molecular complexity index is 506. The maximum absolute atomic E-state index is 11.3. The average molecular weight is 202 g/mol. The molecule has 2 rings (SSSR count). The molecule has 0 amide bonds. The van der Waals surface area contributed by atoms with E-state index >= 15 is 0 Å². The van der Waals surface area contributed by atoms with E-state index in [1.54, 1.807) is 18.5 Å². The summed E-state index contributed by atoms with van der Waals surface area (Å²) in [6, 6.07) is 3.19. The van der Waals surface area contributed by atoms with Crippen LogP contribution >= 0.6 is 0 Å². The van der Waals surface area contributed by atoms with Crippen LogP contribution in [-0.4, -0.2) is 19.9 Å². The summed E-state index contributed by atoms with van der Waals surface area (Å²) in [5.74, 6) is 0.852. The van der Waals surface area contributed by atoms with E-state index in [1.165, 1.54) is 6.07 Å². The highest BCUT2D eigenvalue weighted by Gasteiger charge is 2.04. The number of H-pyrrole nitrogens is 1. The summed E-state index contributed by atoms with van der Waals surface area (Å²) in [6.45, 7) is 1.94. The molecule has 15 heavy (non-hydrogen) atoms. The van der Waals surface area contributed by atoms with Gasteiger partial charge < -0.3 is 4.98 Å². The van der Waals surface area contributed by atoms with E-state index in [-0.39, 0.29) is 5.56 Å². The summed E-state index contributed by atoms with van der Waals surface area (Å²) in [5.41, 5.74) is 0.561. The van der Waals surface area contributed by atoms with Gasteiger partial charge in [-0.3, -0.25) is 4.79 Å². The molecule has 0 bridgehead atoms. The largest absolute Gasteiger partial charge is 0.304 e. The van der Waals surface area contributed by atoms with Crippen molar-refractivity contribution in [3.8, 4) is 11.6 Å². The van der Waals surface area contributed by atoms with Crippen molar-refractivity contribution in [1.82, 2.24) is 19.9 Å². The third-order valence-corrected chi connectivity index (χ3v) is 1.93. The van der Waals surface area contributed by atoms with Crippen LogP contribution in [-0.2, 0) is 6.42 Å². The number of hydrogen-bond acceptors (Lipinski definition) is 4. The molecular formula is C10H10N4O. The van der Waals surface area contributed by atoms with E-state index in [4.69, 9.17) is 0 Å². The van der Waals surface area contributed by atoms with Gasteiger partial charge >= 0.3 is 0 Å². The van der Waals surface area contributed by atoms with Crippen LogP contribution in [0.15, 0.2) is 29.3 Å². The maximum atomic E-state index is 11.3. The zero-order valence-corrected chi connectivity index (χ0v) is 8.27. The third kappa shape index (κ3) is 2.07. The lowest BCUT2D eigenvalue weighted by Crippen LogP contribution is -2.10. The first-order valence-electron chi connectivity index (χ1n) is 4.67. The van der Waals surface area contributed by atoms with Gasteiger partial charge in [-0.05, 0) is 12.5 Å². The predicted molar refractivity (Wildman–Crippen MR) is 55.3 cm³/mol. The van der Waals surface area contributed by atoms with Gasteiger partial charge in [0.2, 0.25) is 0 Å². The fourth-order valence-corrected chi connectivity index (χ4v) is 1.22. The molecule has 2 heterocycles. The fourth-order valence-electron chi connectivity index (χ4n) is 1.22. The van der Waals surface area contributed by atoms with E-state index in [9.17, 15) is 4.79 Å². The molecule has 2 aromatic heterocycles. The van der Waals surface area contributed by atoms with Crippen molar-refractivity contribution in [2.45, 2.75) is 13.3 Å². The van der Waals surface area contributed by atoms with E-state index in [0.29, 0.717) is 18.1 Å². The third-order valence-electron chi connectivity index (χ3n) is 1.93. The first-order valence-corrected chi connectivity index (χ1v) is 4.67. The lowest BCUT2D eigenvalue weighted by molar-refractivity contribution is 0.966. The quantitative estimate of drug-likeness (QED) is 0.781. The van der Waals surface area contributed by atoms with Crippen LogP contribution in [0.5, 0.6) is 0 Å². The minimum absolute atomic E-state index is 0.177. The Morgan fingerprint density at radius 3 is 2.73 bits per heavy atom. The molecule has 0 radical (unpaired) electrons. The van der Waals surface area contributed by atoms with E-state index in [1.807, 2.05) is 6.92 Å². The molecule has 0 spiro atoms. The molecule has 0 aromatic carbocycles. The van der Waals surface area contributed by atoms with Gasteiger partial charge in [-0.1, -0.05) is 6.92 Å². The molecule has 0 unspecified atom stereocenters. The van der Waals surface area contributed by atoms with Gasteiger partial charge in [0.25, 0.3) is 5.56 Å². The molecule has 1 N–H and O–H groups in total. The molecule has 0 saturated heterocycles. The van der Waals surface area contributed by atoms with Gasteiger partial charge in [-0.25, -0.2) is 15.0 Å². The van der Waals surface area contributed by atoms with E-state index in [2.05, 4.69) is 19.9 Å². The van der Waals surface area contributed by atoms with Crippen molar-refractivity contribution in [3.05, 3.63) is 40.6 Å². The van der Waals surface area contributed by atoms with Crippen LogP contribution in [0.3, 0.4) is 0 Å². The minimum atomic E-state index is -0.177. The smallest absolute Gasteiger partial charge is 0.251 e. The van der Waals surface area contributed by atoms with Crippen LogP contribution < -0.4 is 5.56 Å². The fraction of sp³-hybridized carbons (Fsp3) is 0.200. The monoisotopic (exact) mass is 202 g/mol. The Hall–Kier alpha value is -2.04. The highest BCUT2D eigenvalue weighted by atomic mass is 16.1. The van der Waals surface area contributed by atoms with Gasteiger partial charge in [0.15, 0.2) is 11.6 Å². The Morgan fingerprint density at radius 1 is 1.33 bits per heavy atom. The first kappa shape index (κ1) is 9.51. The summed E-state index contributed by atoms with van der Waals surface area (Å²) in [7, 11) is 0. The van der Waals surface area contributed by atoms with Gasteiger partial charge in [0.05, 0.1) is 0 Å². The highest BCUT2D eigenvalue weighted by Crippen LogP contribution is 2.05. The van der Waals surface area contributed by atoms with Crippen molar-refractivity contribution in [1.29, 1.82) is 0 Å². The zero-order chi connectivity index (χ0) is 10.7. The maximum Gasteiger partial charge on any atom is 0.251 e. The van der Waals surface area contributed by atoms with Gasteiger partial charge in [-0.2, -0.15) is 0 Å². The number of aromatic nitrogens is 4. The van der Waals surface area contributed by atoms with Crippen LogP contribution in [0.25, 0.3) is 11.6 Å². The number of nitrogens with one attached hydrogen (secondary N) is 1. The van der Waals surface area contributed by atoms with E-state index in [0.717, 1.165) is 5.69 Å². The summed E-state index contributed by atoms with van der Waals surface area (Å²) < 4.78 is 0. The Morgan fingerprint density at radius 2 is 2.07 bits per heavy atom. The number of aromatic amines is 1. The van der Waals surface area contributed by atoms with Gasteiger partial charge in [0.1, 0.15) is 0 Å². The second-order valence-electron chi connectivity index (χ2n) is 3.01.